The number of halogens is 3. The Balaban J connectivity index is 2.90. The van der Waals surface area contributed by atoms with Crippen molar-refractivity contribution in [3.8, 4) is 0 Å². The summed E-state index contributed by atoms with van der Waals surface area (Å²) in [6, 6.07) is 7.81. The van der Waals surface area contributed by atoms with Crippen molar-refractivity contribution in [2.75, 3.05) is 13.2 Å². The van der Waals surface area contributed by atoms with E-state index in [9.17, 15) is 28.1 Å². The summed E-state index contributed by atoms with van der Waals surface area (Å²) >= 11 is 0. The average Bonchev–Trinajstić information content (AvgIpc) is 2.37. The fourth-order valence-corrected chi connectivity index (χ4v) is 1.70. The molecule has 0 saturated carbocycles. The third-order valence-corrected chi connectivity index (χ3v) is 2.54. The Morgan fingerprint density at radius 1 is 1.30 bits per heavy atom. The number of carbonyl (C=O) groups is 1. The molecule has 0 amide bonds. The smallest absolute Gasteiger partial charge is 0.360 e. The zero-order valence-electron chi connectivity index (χ0n) is 10.2. The minimum atomic E-state index is -4.60. The number of nitro groups is 1. The number of benzene rings is 1. The van der Waals surface area contributed by atoms with Gasteiger partial charge in [0.2, 0.25) is 6.54 Å². The predicted octanol–water partition coefficient (Wildman–Crippen LogP) is 2.19. The molecular formula is C12H12F3NO4. The molecule has 0 N–H and O–H groups in total. The van der Waals surface area contributed by atoms with Gasteiger partial charge in [-0.1, -0.05) is 30.3 Å². The standard InChI is InChI=1S/C12H12F3NO4/c13-12(14,15)8-20-11(7-17)10(6-16(18)19)9-4-2-1-3-5-9/h1-5,7,10-11H,6,8H2/t10-,11+/m1/s1. The van der Waals surface area contributed by atoms with Gasteiger partial charge in [-0.3, -0.25) is 10.1 Å². The second-order valence-corrected chi connectivity index (χ2v) is 4.06. The van der Waals surface area contributed by atoms with Crippen molar-refractivity contribution in [2.45, 2.75) is 18.2 Å². The van der Waals surface area contributed by atoms with Crippen molar-refractivity contribution in [3.63, 3.8) is 0 Å². The molecule has 8 heteroatoms. The maximum absolute atomic E-state index is 12.1. The van der Waals surface area contributed by atoms with E-state index in [4.69, 9.17) is 0 Å². The van der Waals surface area contributed by atoms with Crippen LogP contribution in [0, 0.1) is 10.1 Å². The van der Waals surface area contributed by atoms with Crippen molar-refractivity contribution >= 4 is 6.29 Å². The number of aldehydes is 1. The van der Waals surface area contributed by atoms with Crippen molar-refractivity contribution in [3.05, 3.63) is 46.0 Å². The molecule has 0 aliphatic heterocycles. The first-order valence-electron chi connectivity index (χ1n) is 5.64. The molecule has 1 aromatic carbocycles. The number of hydrogen-bond acceptors (Lipinski definition) is 4. The number of nitrogens with zero attached hydrogens (tertiary/aromatic N) is 1. The Labute approximate surface area is 112 Å². The van der Waals surface area contributed by atoms with E-state index in [0.717, 1.165) is 0 Å². The second kappa shape index (κ2) is 6.99. The number of ether oxygens (including phenoxy) is 1. The minimum Gasteiger partial charge on any atom is -0.360 e. The third-order valence-electron chi connectivity index (χ3n) is 2.54. The van der Waals surface area contributed by atoms with E-state index < -0.39 is 36.3 Å². The molecular weight excluding hydrogens is 279 g/mol. The van der Waals surface area contributed by atoms with E-state index in [0.29, 0.717) is 5.56 Å². The third kappa shape index (κ3) is 5.35. The fraction of sp³-hybridized carbons (Fsp3) is 0.417. The Morgan fingerprint density at radius 3 is 2.35 bits per heavy atom. The molecule has 20 heavy (non-hydrogen) atoms. The monoisotopic (exact) mass is 291 g/mol. The zero-order chi connectivity index (χ0) is 15.2. The summed E-state index contributed by atoms with van der Waals surface area (Å²) < 4.78 is 40.8. The first-order valence-corrected chi connectivity index (χ1v) is 5.64. The van der Waals surface area contributed by atoms with Crippen LogP contribution in [0.25, 0.3) is 0 Å². The lowest BCUT2D eigenvalue weighted by atomic mass is 9.94. The number of hydrogen-bond donors (Lipinski definition) is 0. The highest BCUT2D eigenvalue weighted by molar-refractivity contribution is 5.58. The van der Waals surface area contributed by atoms with E-state index in [-0.39, 0.29) is 6.29 Å². The molecule has 0 fully saturated rings. The SMILES string of the molecule is O=C[C@H](OCC(F)(F)F)[C@H](C[N+](=O)[O-])c1ccccc1. The molecule has 5 nitrogen and oxygen atoms in total. The maximum atomic E-state index is 12.1. The molecule has 0 saturated heterocycles. The molecule has 0 unspecified atom stereocenters. The van der Waals surface area contributed by atoms with Crippen molar-refractivity contribution in [2.24, 2.45) is 0 Å². The van der Waals surface area contributed by atoms with Crippen LogP contribution >= 0.6 is 0 Å². The molecule has 2 atom stereocenters. The van der Waals surface area contributed by atoms with Gasteiger partial charge in [-0.15, -0.1) is 0 Å². The Morgan fingerprint density at radius 2 is 1.90 bits per heavy atom. The van der Waals surface area contributed by atoms with Crippen LogP contribution in [0.1, 0.15) is 11.5 Å². The molecule has 0 aliphatic rings. The van der Waals surface area contributed by atoms with Crippen molar-refractivity contribution in [1.29, 1.82) is 0 Å². The van der Waals surface area contributed by atoms with Gasteiger partial charge in [0, 0.05) is 4.92 Å². The first-order chi connectivity index (χ1) is 9.33. The lowest BCUT2D eigenvalue weighted by molar-refractivity contribution is -0.485. The average molecular weight is 291 g/mol. The van der Waals surface area contributed by atoms with Crippen LogP contribution in [0.3, 0.4) is 0 Å². The Hall–Kier alpha value is -1.96. The summed E-state index contributed by atoms with van der Waals surface area (Å²) in [5.74, 6) is -1.06. The predicted molar refractivity (Wildman–Crippen MR) is 62.9 cm³/mol. The van der Waals surface area contributed by atoms with Crippen LogP contribution in [-0.2, 0) is 9.53 Å². The van der Waals surface area contributed by atoms with E-state index in [1.165, 1.54) is 12.1 Å². The van der Waals surface area contributed by atoms with Gasteiger partial charge in [0.1, 0.15) is 19.0 Å². The second-order valence-electron chi connectivity index (χ2n) is 4.06. The Bertz CT molecular complexity index is 450. The molecule has 0 radical (unpaired) electrons. The lowest BCUT2D eigenvalue weighted by Crippen LogP contribution is -2.32. The lowest BCUT2D eigenvalue weighted by Gasteiger charge is -2.21. The molecule has 0 aromatic heterocycles. The Kier molecular flexibility index (Phi) is 5.63. The van der Waals surface area contributed by atoms with E-state index >= 15 is 0 Å². The molecule has 1 aromatic rings. The summed E-state index contributed by atoms with van der Waals surface area (Å²) in [7, 11) is 0. The highest BCUT2D eigenvalue weighted by Crippen LogP contribution is 2.24. The van der Waals surface area contributed by atoms with E-state index in [1.54, 1.807) is 18.2 Å². The van der Waals surface area contributed by atoms with E-state index in [2.05, 4.69) is 4.74 Å². The molecule has 110 valence electrons. The number of rotatable bonds is 7. The highest BCUT2D eigenvalue weighted by Gasteiger charge is 2.34. The summed E-state index contributed by atoms with van der Waals surface area (Å²) in [5.41, 5.74) is 0.378. The summed E-state index contributed by atoms with van der Waals surface area (Å²) in [6.45, 7) is -2.32. The van der Waals surface area contributed by atoms with Gasteiger partial charge in [-0.25, -0.2) is 0 Å². The molecule has 0 heterocycles. The van der Waals surface area contributed by atoms with Crippen LogP contribution in [-0.4, -0.2) is 36.6 Å². The van der Waals surface area contributed by atoms with Crippen molar-refractivity contribution in [1.82, 2.24) is 0 Å². The molecule has 0 aliphatic carbocycles. The normalized spacial score (nSPS) is 14.6. The number of alkyl halides is 3. The molecule has 1 rings (SSSR count). The molecule has 0 bridgehead atoms. The van der Waals surface area contributed by atoms with Gasteiger partial charge in [-0.2, -0.15) is 13.2 Å². The van der Waals surface area contributed by atoms with Gasteiger partial charge in [0.05, 0.1) is 5.92 Å². The minimum absolute atomic E-state index is 0.160. The fourth-order valence-electron chi connectivity index (χ4n) is 1.70. The highest BCUT2D eigenvalue weighted by atomic mass is 19.4. The summed E-state index contributed by atoms with van der Waals surface area (Å²) in [6.07, 6.45) is -5.96. The van der Waals surface area contributed by atoms with Gasteiger partial charge >= 0.3 is 6.18 Å². The summed E-state index contributed by atoms with van der Waals surface area (Å²) in [4.78, 5) is 20.8. The van der Waals surface area contributed by atoms with Crippen molar-refractivity contribution < 1.29 is 27.6 Å². The molecule has 0 spiro atoms. The van der Waals surface area contributed by atoms with Crippen LogP contribution in [0.4, 0.5) is 13.2 Å². The number of carbonyl (C=O) groups excluding carboxylic acids is 1. The van der Waals surface area contributed by atoms with Gasteiger partial charge in [0.25, 0.3) is 0 Å². The first kappa shape index (κ1) is 16.1. The van der Waals surface area contributed by atoms with Crippen LogP contribution in [0.2, 0.25) is 0 Å². The van der Waals surface area contributed by atoms with Gasteiger partial charge in [0.15, 0.2) is 0 Å². The van der Waals surface area contributed by atoms with Gasteiger partial charge < -0.3 is 9.53 Å². The van der Waals surface area contributed by atoms with Crippen LogP contribution < -0.4 is 0 Å². The summed E-state index contributed by atoms with van der Waals surface area (Å²) in [5, 5.41) is 10.6. The quantitative estimate of drug-likeness (QED) is 0.438. The van der Waals surface area contributed by atoms with Crippen LogP contribution in [0.15, 0.2) is 30.3 Å². The van der Waals surface area contributed by atoms with Gasteiger partial charge in [-0.05, 0) is 5.56 Å². The van der Waals surface area contributed by atoms with Crippen LogP contribution in [0.5, 0.6) is 0 Å². The van der Waals surface area contributed by atoms with E-state index in [1.807, 2.05) is 0 Å². The maximum Gasteiger partial charge on any atom is 0.411 e. The largest absolute Gasteiger partial charge is 0.411 e. The topological polar surface area (TPSA) is 69.4 Å². The zero-order valence-corrected chi connectivity index (χ0v) is 10.2.